The van der Waals surface area contributed by atoms with Crippen LogP contribution in [0.1, 0.15) is 18.9 Å². The number of thioether (sulfide) groups is 1. The van der Waals surface area contributed by atoms with Crippen molar-refractivity contribution in [3.8, 4) is 0 Å². The van der Waals surface area contributed by atoms with Gasteiger partial charge in [-0.3, -0.25) is 25.0 Å². The first-order chi connectivity index (χ1) is 9.36. The monoisotopic (exact) mass is 300 g/mol. The fourth-order valence-corrected chi connectivity index (χ4v) is 2.52. The SMILES string of the molecule is CCC(SCc1ccc([N+](=O)[O-])cc1[N+](=O)[O-])C(=O)O. The lowest BCUT2D eigenvalue weighted by atomic mass is 10.2. The average Bonchev–Trinajstić information content (AvgIpc) is 2.38. The van der Waals surface area contributed by atoms with Gasteiger partial charge in [0.15, 0.2) is 0 Å². The maximum Gasteiger partial charge on any atom is 0.316 e. The van der Waals surface area contributed by atoms with Crippen LogP contribution in [-0.2, 0) is 10.5 Å². The Hall–Kier alpha value is -2.16. The van der Waals surface area contributed by atoms with Crippen LogP contribution in [0.3, 0.4) is 0 Å². The minimum Gasteiger partial charge on any atom is -0.480 e. The minimum absolute atomic E-state index is 0.110. The van der Waals surface area contributed by atoms with E-state index < -0.39 is 21.1 Å². The number of non-ortho nitro benzene ring substituents is 1. The molecule has 1 atom stereocenters. The standard InChI is InChI=1S/C11H12N2O6S/c1-2-10(11(14)15)20-6-7-3-4-8(12(16)17)5-9(7)13(18)19/h3-5,10H,2,6H2,1H3,(H,14,15). The number of carboxylic acid groups (broad SMARTS) is 1. The van der Waals surface area contributed by atoms with Crippen molar-refractivity contribution in [1.82, 2.24) is 0 Å². The first-order valence-electron chi connectivity index (χ1n) is 5.63. The second kappa shape index (κ2) is 6.85. The molecule has 0 amide bonds. The van der Waals surface area contributed by atoms with E-state index in [9.17, 15) is 25.0 Å². The zero-order valence-corrected chi connectivity index (χ0v) is 11.3. The van der Waals surface area contributed by atoms with Gasteiger partial charge >= 0.3 is 5.97 Å². The van der Waals surface area contributed by atoms with Crippen LogP contribution in [0.5, 0.6) is 0 Å². The second-order valence-corrected chi connectivity index (χ2v) is 5.06. The van der Waals surface area contributed by atoms with Gasteiger partial charge in [-0.1, -0.05) is 6.92 Å². The van der Waals surface area contributed by atoms with E-state index in [1.165, 1.54) is 12.1 Å². The van der Waals surface area contributed by atoms with Crippen LogP contribution in [-0.4, -0.2) is 26.2 Å². The topological polar surface area (TPSA) is 124 Å². The highest BCUT2D eigenvalue weighted by Crippen LogP contribution is 2.29. The summed E-state index contributed by atoms with van der Waals surface area (Å²) >= 11 is 1.05. The highest BCUT2D eigenvalue weighted by atomic mass is 32.2. The van der Waals surface area contributed by atoms with Crippen molar-refractivity contribution in [2.45, 2.75) is 24.3 Å². The van der Waals surface area contributed by atoms with E-state index in [0.717, 1.165) is 17.8 Å². The van der Waals surface area contributed by atoms with E-state index in [4.69, 9.17) is 5.11 Å². The molecule has 9 heteroatoms. The summed E-state index contributed by atoms with van der Waals surface area (Å²) in [6.07, 6.45) is 0.390. The molecule has 0 saturated carbocycles. The van der Waals surface area contributed by atoms with Crippen LogP contribution in [0.2, 0.25) is 0 Å². The number of hydrogen-bond donors (Lipinski definition) is 1. The third-order valence-corrected chi connectivity index (χ3v) is 3.98. The Morgan fingerprint density at radius 2 is 2.00 bits per heavy atom. The highest BCUT2D eigenvalue weighted by Gasteiger charge is 2.22. The molecule has 0 bridgehead atoms. The number of carboxylic acids is 1. The summed E-state index contributed by atoms with van der Waals surface area (Å²) in [6.45, 7) is 1.70. The van der Waals surface area contributed by atoms with Gasteiger partial charge in [0.2, 0.25) is 0 Å². The first kappa shape index (κ1) is 15.9. The van der Waals surface area contributed by atoms with E-state index in [-0.39, 0.29) is 22.7 Å². The summed E-state index contributed by atoms with van der Waals surface area (Å²) in [6, 6.07) is 3.35. The summed E-state index contributed by atoms with van der Waals surface area (Å²) in [5.41, 5.74) is -0.465. The molecule has 0 saturated heterocycles. The number of carbonyl (C=O) groups is 1. The lowest BCUT2D eigenvalue weighted by Gasteiger charge is -2.09. The van der Waals surface area contributed by atoms with Crippen molar-refractivity contribution in [3.05, 3.63) is 44.0 Å². The number of benzene rings is 1. The molecule has 0 spiro atoms. The van der Waals surface area contributed by atoms with Gasteiger partial charge in [-0.15, -0.1) is 11.8 Å². The molecule has 0 aliphatic heterocycles. The average molecular weight is 300 g/mol. The third-order valence-electron chi connectivity index (χ3n) is 2.56. The predicted octanol–water partition coefficient (Wildman–Crippen LogP) is 2.60. The predicted molar refractivity (Wildman–Crippen MR) is 72.8 cm³/mol. The zero-order chi connectivity index (χ0) is 15.3. The van der Waals surface area contributed by atoms with Crippen molar-refractivity contribution < 1.29 is 19.7 Å². The van der Waals surface area contributed by atoms with E-state index >= 15 is 0 Å². The smallest absolute Gasteiger partial charge is 0.316 e. The third kappa shape index (κ3) is 3.92. The molecule has 1 aromatic carbocycles. The Labute approximate surface area is 118 Å². The summed E-state index contributed by atoms with van der Waals surface area (Å²) in [4.78, 5) is 30.9. The van der Waals surface area contributed by atoms with Gasteiger partial charge in [0.1, 0.15) is 5.25 Å². The molecular weight excluding hydrogens is 288 g/mol. The summed E-state index contributed by atoms with van der Waals surface area (Å²) in [7, 11) is 0. The van der Waals surface area contributed by atoms with Gasteiger partial charge in [0.05, 0.1) is 15.9 Å². The van der Waals surface area contributed by atoms with Crippen molar-refractivity contribution in [1.29, 1.82) is 0 Å². The van der Waals surface area contributed by atoms with Crippen molar-refractivity contribution >= 4 is 29.1 Å². The molecule has 0 radical (unpaired) electrons. The van der Waals surface area contributed by atoms with E-state index in [1.54, 1.807) is 6.92 Å². The lowest BCUT2D eigenvalue weighted by molar-refractivity contribution is -0.394. The minimum atomic E-state index is -0.984. The first-order valence-corrected chi connectivity index (χ1v) is 6.67. The fourth-order valence-electron chi connectivity index (χ4n) is 1.51. The number of nitro groups is 2. The Kier molecular flexibility index (Phi) is 5.44. The molecule has 8 nitrogen and oxygen atoms in total. The Balaban J connectivity index is 2.97. The van der Waals surface area contributed by atoms with E-state index in [2.05, 4.69) is 0 Å². The molecule has 1 unspecified atom stereocenters. The number of rotatable bonds is 7. The molecule has 0 aliphatic rings. The van der Waals surface area contributed by atoms with Crippen LogP contribution in [0, 0.1) is 20.2 Å². The molecule has 0 aliphatic carbocycles. The maximum atomic E-state index is 10.9. The lowest BCUT2D eigenvalue weighted by Crippen LogP contribution is -2.15. The summed E-state index contributed by atoms with van der Waals surface area (Å²) in [5.74, 6) is -0.874. The van der Waals surface area contributed by atoms with Crippen LogP contribution in [0.25, 0.3) is 0 Å². The molecule has 1 aromatic rings. The number of hydrogen-bond acceptors (Lipinski definition) is 6. The normalized spacial score (nSPS) is 11.8. The quantitative estimate of drug-likeness (QED) is 0.606. The summed E-state index contributed by atoms with van der Waals surface area (Å²) in [5, 5.41) is 29.7. The van der Waals surface area contributed by atoms with Crippen LogP contribution >= 0.6 is 11.8 Å². The second-order valence-electron chi connectivity index (χ2n) is 3.87. The fraction of sp³-hybridized carbons (Fsp3) is 0.364. The van der Waals surface area contributed by atoms with E-state index in [1.807, 2.05) is 0 Å². The van der Waals surface area contributed by atoms with Crippen LogP contribution in [0.4, 0.5) is 11.4 Å². The molecule has 1 rings (SSSR count). The molecule has 0 aromatic heterocycles. The van der Waals surface area contributed by atoms with Gasteiger partial charge in [-0.25, -0.2) is 0 Å². The molecule has 20 heavy (non-hydrogen) atoms. The maximum absolute atomic E-state index is 10.9. The van der Waals surface area contributed by atoms with E-state index in [0.29, 0.717) is 6.42 Å². The number of nitrogens with zero attached hydrogens (tertiary/aromatic N) is 2. The van der Waals surface area contributed by atoms with Gasteiger partial charge in [-0.2, -0.15) is 0 Å². The van der Waals surface area contributed by atoms with Gasteiger partial charge in [-0.05, 0) is 12.5 Å². The largest absolute Gasteiger partial charge is 0.480 e. The van der Waals surface area contributed by atoms with Crippen molar-refractivity contribution in [2.75, 3.05) is 0 Å². The molecule has 1 N–H and O–H groups in total. The Morgan fingerprint density at radius 1 is 1.35 bits per heavy atom. The number of aliphatic carboxylic acids is 1. The molecular formula is C11H12N2O6S. The molecule has 0 fully saturated rings. The zero-order valence-electron chi connectivity index (χ0n) is 10.5. The van der Waals surface area contributed by atoms with Gasteiger partial charge < -0.3 is 5.11 Å². The van der Waals surface area contributed by atoms with Gasteiger partial charge in [0.25, 0.3) is 11.4 Å². The van der Waals surface area contributed by atoms with Crippen LogP contribution < -0.4 is 0 Å². The Morgan fingerprint density at radius 3 is 2.45 bits per heavy atom. The molecule has 0 heterocycles. The van der Waals surface area contributed by atoms with Gasteiger partial charge in [0, 0.05) is 17.4 Å². The highest BCUT2D eigenvalue weighted by molar-refractivity contribution is 7.99. The Bertz CT molecular complexity index is 548. The van der Waals surface area contributed by atoms with Crippen LogP contribution in [0.15, 0.2) is 18.2 Å². The van der Waals surface area contributed by atoms with Crippen molar-refractivity contribution in [3.63, 3.8) is 0 Å². The molecule has 108 valence electrons. The number of nitro benzene ring substituents is 2. The summed E-state index contributed by atoms with van der Waals surface area (Å²) < 4.78 is 0. The van der Waals surface area contributed by atoms with Crippen molar-refractivity contribution in [2.24, 2.45) is 0 Å².